The van der Waals surface area contributed by atoms with E-state index in [1.165, 1.54) is 5.56 Å². The molecule has 3 aromatic rings. The second-order valence-electron chi connectivity index (χ2n) is 9.47. The number of carbonyl (C=O) groups excluding carboxylic acids is 1. The highest BCUT2D eigenvalue weighted by atomic mass is 16.5. The number of aromatic amines is 1. The number of hydrogen-bond donors (Lipinski definition) is 3. The first-order valence-electron chi connectivity index (χ1n) is 12.3. The Kier molecular flexibility index (Phi) is 6.70. The van der Waals surface area contributed by atoms with Crippen LogP contribution < -0.4 is 10.6 Å². The van der Waals surface area contributed by atoms with E-state index >= 15 is 0 Å². The number of benzene rings is 2. The van der Waals surface area contributed by atoms with Gasteiger partial charge in [-0.15, -0.1) is 0 Å². The zero-order valence-electron chi connectivity index (χ0n) is 20.6. The maximum Gasteiger partial charge on any atom is 0.257 e. The fourth-order valence-electron chi connectivity index (χ4n) is 4.92. The van der Waals surface area contributed by atoms with Gasteiger partial charge in [0.05, 0.1) is 17.9 Å². The molecule has 0 atom stereocenters. The van der Waals surface area contributed by atoms with Gasteiger partial charge in [0, 0.05) is 61.5 Å². The number of aromatic nitrogens is 2. The molecular formula is C28H33N5O2. The van der Waals surface area contributed by atoms with E-state index in [1.807, 2.05) is 19.2 Å². The zero-order valence-corrected chi connectivity index (χ0v) is 20.6. The number of imidazole rings is 1. The van der Waals surface area contributed by atoms with Crippen molar-refractivity contribution in [2.45, 2.75) is 32.7 Å². The van der Waals surface area contributed by atoms with Gasteiger partial charge in [0.1, 0.15) is 5.82 Å². The van der Waals surface area contributed by atoms with Crippen LogP contribution in [0.1, 0.15) is 41.1 Å². The third kappa shape index (κ3) is 5.01. The van der Waals surface area contributed by atoms with Crippen LogP contribution in [0.15, 0.2) is 48.7 Å². The summed E-state index contributed by atoms with van der Waals surface area (Å²) in [5.74, 6) is 0.597. The van der Waals surface area contributed by atoms with E-state index in [0.29, 0.717) is 17.4 Å². The maximum absolute atomic E-state index is 13.3. The van der Waals surface area contributed by atoms with Crippen LogP contribution >= 0.6 is 0 Å². The van der Waals surface area contributed by atoms with Gasteiger partial charge in [-0.3, -0.25) is 4.79 Å². The molecule has 2 aromatic carbocycles. The number of ether oxygens (including phenoxy) is 1. The summed E-state index contributed by atoms with van der Waals surface area (Å²) in [5, 5.41) is 6.77. The normalized spacial score (nSPS) is 17.9. The van der Waals surface area contributed by atoms with E-state index in [-0.39, 0.29) is 5.91 Å². The number of amides is 1. The van der Waals surface area contributed by atoms with Crippen molar-refractivity contribution in [2.75, 3.05) is 44.0 Å². The molecule has 2 aliphatic heterocycles. The molecule has 0 saturated carbocycles. The van der Waals surface area contributed by atoms with Crippen molar-refractivity contribution < 1.29 is 9.53 Å². The Hall–Kier alpha value is -3.42. The highest BCUT2D eigenvalue weighted by Gasteiger charge is 2.30. The summed E-state index contributed by atoms with van der Waals surface area (Å²) in [6.45, 7) is 7.89. The lowest BCUT2D eigenvalue weighted by Gasteiger charge is -2.32. The van der Waals surface area contributed by atoms with Gasteiger partial charge in [-0.25, -0.2) is 4.98 Å². The van der Waals surface area contributed by atoms with E-state index in [9.17, 15) is 4.79 Å². The first kappa shape index (κ1) is 23.3. The Balaban J connectivity index is 1.47. The van der Waals surface area contributed by atoms with E-state index in [0.717, 1.165) is 72.9 Å². The van der Waals surface area contributed by atoms with Crippen molar-refractivity contribution in [1.82, 2.24) is 14.9 Å². The van der Waals surface area contributed by atoms with Crippen molar-refractivity contribution in [3.05, 3.63) is 76.9 Å². The van der Waals surface area contributed by atoms with Gasteiger partial charge < -0.3 is 25.3 Å². The van der Waals surface area contributed by atoms with Crippen LogP contribution in [-0.4, -0.2) is 60.2 Å². The third-order valence-corrected chi connectivity index (χ3v) is 6.87. The van der Waals surface area contributed by atoms with Crippen molar-refractivity contribution in [2.24, 2.45) is 0 Å². The molecule has 182 valence electrons. The van der Waals surface area contributed by atoms with Gasteiger partial charge >= 0.3 is 0 Å². The van der Waals surface area contributed by atoms with E-state index in [2.05, 4.69) is 68.8 Å². The van der Waals surface area contributed by atoms with Gasteiger partial charge in [0.25, 0.3) is 5.91 Å². The lowest BCUT2D eigenvalue weighted by atomic mass is 9.94. The van der Waals surface area contributed by atoms with Crippen LogP contribution in [0.4, 0.5) is 11.4 Å². The predicted molar refractivity (Wildman–Crippen MR) is 140 cm³/mol. The number of H-pyrrole nitrogens is 1. The summed E-state index contributed by atoms with van der Waals surface area (Å²) in [7, 11) is 1.75. The molecule has 1 amide bonds. The summed E-state index contributed by atoms with van der Waals surface area (Å²) >= 11 is 0. The fraction of sp³-hybridized carbons (Fsp3) is 0.357. The van der Waals surface area contributed by atoms with Crippen LogP contribution in [0.2, 0.25) is 0 Å². The summed E-state index contributed by atoms with van der Waals surface area (Å²) in [5.41, 5.74) is 7.26. The van der Waals surface area contributed by atoms with Crippen molar-refractivity contribution in [1.29, 1.82) is 0 Å². The summed E-state index contributed by atoms with van der Waals surface area (Å²) in [6, 6.07) is 14.8. The molecule has 5 rings (SSSR count). The average molecular weight is 472 g/mol. The number of carbonyl (C=O) groups is 1. The van der Waals surface area contributed by atoms with Gasteiger partial charge in [0.2, 0.25) is 0 Å². The van der Waals surface area contributed by atoms with Gasteiger partial charge in [-0.1, -0.05) is 29.8 Å². The Morgan fingerprint density at radius 1 is 1.14 bits per heavy atom. The smallest absolute Gasteiger partial charge is 0.257 e. The Morgan fingerprint density at radius 3 is 2.60 bits per heavy atom. The number of aryl methyl sites for hydroxylation is 2. The minimum atomic E-state index is -0.103. The van der Waals surface area contributed by atoms with Crippen molar-refractivity contribution in [3.8, 4) is 0 Å². The molecule has 3 heterocycles. The number of anilines is 2. The highest BCUT2D eigenvalue weighted by Crippen LogP contribution is 2.40. The zero-order chi connectivity index (χ0) is 24.4. The molecule has 7 heteroatoms. The molecule has 0 radical (unpaired) electrons. The minimum absolute atomic E-state index is 0.103. The van der Waals surface area contributed by atoms with Gasteiger partial charge in [0.15, 0.2) is 0 Å². The number of fused-ring (bicyclic) bond motifs is 1. The molecule has 0 bridgehead atoms. The molecule has 35 heavy (non-hydrogen) atoms. The molecule has 7 nitrogen and oxygen atoms in total. The lowest BCUT2D eigenvalue weighted by Crippen LogP contribution is -2.40. The molecule has 3 N–H and O–H groups in total. The van der Waals surface area contributed by atoms with Crippen molar-refractivity contribution in [3.63, 3.8) is 0 Å². The molecule has 0 aliphatic carbocycles. The number of nitrogens with zero attached hydrogens (tertiary/aromatic N) is 2. The topological polar surface area (TPSA) is 82.3 Å². The SMILES string of the molecule is COCCN1CCC(Nc2ccc3c(c2)/C(=C(\c2ccc(C)cc2)c2nc(C)c[nH]2)C(=O)N3)CC1. The highest BCUT2D eigenvalue weighted by molar-refractivity contribution is 6.38. The summed E-state index contributed by atoms with van der Waals surface area (Å²) < 4.78 is 5.22. The number of hydrogen-bond acceptors (Lipinski definition) is 5. The van der Waals surface area contributed by atoms with Gasteiger partial charge in [-0.2, -0.15) is 0 Å². The first-order chi connectivity index (χ1) is 17.0. The molecule has 1 aromatic heterocycles. The van der Waals surface area contributed by atoms with Crippen molar-refractivity contribution >= 4 is 28.4 Å². The van der Waals surface area contributed by atoms with Crippen LogP contribution in [-0.2, 0) is 9.53 Å². The van der Waals surface area contributed by atoms with Crippen LogP contribution in [0.25, 0.3) is 11.1 Å². The quantitative estimate of drug-likeness (QED) is 0.443. The van der Waals surface area contributed by atoms with Crippen LogP contribution in [0.3, 0.4) is 0 Å². The van der Waals surface area contributed by atoms with Crippen LogP contribution in [0.5, 0.6) is 0 Å². The van der Waals surface area contributed by atoms with E-state index in [4.69, 9.17) is 4.74 Å². The number of piperidine rings is 1. The lowest BCUT2D eigenvalue weighted by molar-refractivity contribution is -0.110. The number of methoxy groups -OCH3 is 1. The van der Waals surface area contributed by atoms with E-state index in [1.54, 1.807) is 7.11 Å². The Bertz CT molecular complexity index is 1240. The maximum atomic E-state index is 13.3. The number of rotatable bonds is 7. The summed E-state index contributed by atoms with van der Waals surface area (Å²) in [6.07, 6.45) is 4.04. The Labute approximate surface area is 206 Å². The average Bonchev–Trinajstić information content (AvgIpc) is 3.43. The largest absolute Gasteiger partial charge is 0.383 e. The summed E-state index contributed by atoms with van der Waals surface area (Å²) in [4.78, 5) is 23.7. The third-order valence-electron chi connectivity index (χ3n) is 6.87. The second kappa shape index (κ2) is 10.1. The van der Waals surface area contributed by atoms with E-state index < -0.39 is 0 Å². The first-order valence-corrected chi connectivity index (χ1v) is 12.3. The number of nitrogens with one attached hydrogen (secondary N) is 3. The predicted octanol–water partition coefficient (Wildman–Crippen LogP) is 4.46. The molecule has 1 fully saturated rings. The molecule has 1 saturated heterocycles. The van der Waals surface area contributed by atoms with Crippen LogP contribution in [0, 0.1) is 13.8 Å². The van der Waals surface area contributed by atoms with Gasteiger partial charge in [-0.05, 0) is 50.5 Å². The second-order valence-corrected chi connectivity index (χ2v) is 9.47. The minimum Gasteiger partial charge on any atom is -0.383 e. The molecular weight excluding hydrogens is 438 g/mol. The monoisotopic (exact) mass is 471 g/mol. The molecule has 0 spiro atoms. The molecule has 2 aliphatic rings. The Morgan fingerprint density at radius 2 is 1.91 bits per heavy atom. The fourth-order valence-corrected chi connectivity index (χ4v) is 4.92. The standard InChI is InChI=1S/C28H33N5O2/c1-18-4-6-20(7-5-18)25(27-29-17-19(2)30-27)26-23-16-22(8-9-24(23)32-28(26)34)31-21-10-12-33(13-11-21)14-15-35-3/h4-9,16-17,21,31H,10-15H2,1-3H3,(H,29,30)(H,32,34)/b26-25-. The molecule has 0 unspecified atom stereocenters. The number of likely N-dealkylation sites (tertiary alicyclic amines) is 1.